The van der Waals surface area contributed by atoms with E-state index in [2.05, 4.69) is 4.90 Å². The molecule has 2 fully saturated rings. The van der Waals surface area contributed by atoms with Crippen molar-refractivity contribution in [3.63, 3.8) is 0 Å². The maximum absolute atomic E-state index is 13.0. The number of likely N-dealkylation sites (N-methyl/N-ethyl adjacent to an activating group) is 2. The van der Waals surface area contributed by atoms with Gasteiger partial charge in [-0.2, -0.15) is 0 Å². The van der Waals surface area contributed by atoms with Crippen molar-refractivity contribution >= 4 is 16.9 Å². The first-order valence-electron chi connectivity index (χ1n) is 13.1. The van der Waals surface area contributed by atoms with Crippen LogP contribution in [0.3, 0.4) is 0 Å². The molecule has 7 nitrogen and oxygen atoms in total. The lowest BCUT2D eigenvalue weighted by Gasteiger charge is -2.33. The number of nitrogens with zero attached hydrogens (tertiary/aromatic N) is 3. The second kappa shape index (κ2) is 13.7. The van der Waals surface area contributed by atoms with Crippen LogP contribution in [0.4, 0.5) is 0 Å². The predicted molar refractivity (Wildman–Crippen MR) is 141 cm³/mol. The third kappa shape index (κ3) is 8.27. The summed E-state index contributed by atoms with van der Waals surface area (Å²) in [4.78, 5) is 17.9. The molecule has 198 valence electrons. The van der Waals surface area contributed by atoms with E-state index in [-0.39, 0.29) is 12.5 Å². The topological polar surface area (TPSA) is 62.3 Å². The molecule has 1 saturated carbocycles. The Bertz CT molecular complexity index is 836. The summed E-state index contributed by atoms with van der Waals surface area (Å²) >= 11 is 0. The first-order chi connectivity index (χ1) is 16.8. The number of hydrogen-bond donors (Lipinski definition) is 0. The van der Waals surface area contributed by atoms with Gasteiger partial charge < -0.3 is 19.3 Å². The molecule has 0 bridgehead atoms. The molecule has 8 heteroatoms. The third-order valence-corrected chi connectivity index (χ3v) is 9.21. The molecule has 3 rings (SSSR count). The molecule has 0 radical (unpaired) electrons. The average Bonchev–Trinajstić information content (AvgIpc) is 3.34. The largest absolute Gasteiger partial charge is 0.497 e. The summed E-state index contributed by atoms with van der Waals surface area (Å²) in [5.74, 6) is 2.16. The van der Waals surface area contributed by atoms with E-state index in [9.17, 15) is 9.00 Å². The molecule has 1 aliphatic heterocycles. The predicted octanol–water partition coefficient (Wildman–Crippen LogP) is 3.64. The number of amides is 1. The number of aryl methyl sites for hydroxylation is 2. The van der Waals surface area contributed by atoms with Crippen molar-refractivity contribution in [2.45, 2.75) is 57.3 Å². The Balaban J connectivity index is 1.37. The molecular formula is C27H45N3O4S. The molecule has 0 N–H and O–H groups in total. The summed E-state index contributed by atoms with van der Waals surface area (Å²) in [5.41, 5.74) is 1.88. The van der Waals surface area contributed by atoms with Crippen molar-refractivity contribution < 1.29 is 18.5 Å². The number of ether oxygens (including phenoxy) is 2. The minimum atomic E-state index is -1.30. The van der Waals surface area contributed by atoms with Crippen molar-refractivity contribution in [2.24, 2.45) is 11.8 Å². The van der Waals surface area contributed by atoms with Gasteiger partial charge in [0.25, 0.3) is 0 Å². The maximum atomic E-state index is 13.0. The van der Waals surface area contributed by atoms with Crippen LogP contribution in [-0.4, -0.2) is 91.4 Å². The Morgan fingerprint density at radius 3 is 2.40 bits per heavy atom. The van der Waals surface area contributed by atoms with Gasteiger partial charge in [-0.3, -0.25) is 4.79 Å². The molecule has 1 aromatic rings. The molecule has 1 aromatic carbocycles. The zero-order valence-electron chi connectivity index (χ0n) is 22.4. The fourth-order valence-electron chi connectivity index (χ4n) is 5.56. The zero-order chi connectivity index (χ0) is 25.4. The number of methoxy groups -OCH3 is 1. The van der Waals surface area contributed by atoms with Crippen molar-refractivity contribution in [3.05, 3.63) is 23.3 Å². The van der Waals surface area contributed by atoms with Gasteiger partial charge in [0.15, 0.2) is 0 Å². The molecular weight excluding hydrogens is 462 g/mol. The lowest BCUT2D eigenvalue weighted by atomic mass is 9.81. The van der Waals surface area contributed by atoms with Crippen LogP contribution < -0.4 is 4.74 Å². The summed E-state index contributed by atoms with van der Waals surface area (Å²) in [5, 5.41) is 0. The monoisotopic (exact) mass is 507 g/mol. The quantitative estimate of drug-likeness (QED) is 0.404. The van der Waals surface area contributed by atoms with Gasteiger partial charge in [-0.15, -0.1) is 0 Å². The van der Waals surface area contributed by atoms with Gasteiger partial charge in [0.05, 0.1) is 18.6 Å². The first-order valence-corrected chi connectivity index (χ1v) is 14.2. The molecule has 0 aromatic heterocycles. The number of benzene rings is 1. The van der Waals surface area contributed by atoms with Crippen LogP contribution in [0.25, 0.3) is 0 Å². The van der Waals surface area contributed by atoms with Crippen LogP contribution >= 0.6 is 0 Å². The molecule has 1 aliphatic carbocycles. The van der Waals surface area contributed by atoms with Crippen LogP contribution in [0.15, 0.2) is 17.0 Å². The minimum Gasteiger partial charge on any atom is -0.497 e. The normalized spacial score (nSPS) is 21.9. The second-order valence-electron chi connectivity index (χ2n) is 10.4. The second-order valence-corrected chi connectivity index (χ2v) is 12.0. The molecule has 2 aliphatic rings. The van der Waals surface area contributed by atoms with Gasteiger partial charge in [-0.05, 0) is 94.1 Å². The highest BCUT2D eigenvalue weighted by Crippen LogP contribution is 2.31. The highest BCUT2D eigenvalue weighted by atomic mass is 32.2. The zero-order valence-corrected chi connectivity index (χ0v) is 23.2. The first kappa shape index (κ1) is 28.1. The number of rotatable bonds is 12. The average molecular weight is 508 g/mol. The Morgan fingerprint density at radius 1 is 1.09 bits per heavy atom. The van der Waals surface area contributed by atoms with Gasteiger partial charge in [0.2, 0.25) is 5.91 Å². The molecule has 1 heterocycles. The van der Waals surface area contributed by atoms with Gasteiger partial charge in [0.1, 0.15) is 23.3 Å². The summed E-state index contributed by atoms with van der Waals surface area (Å²) in [7, 11) is 4.05. The summed E-state index contributed by atoms with van der Waals surface area (Å²) in [6.07, 6.45) is 7.75. The Kier molecular flexibility index (Phi) is 11.0. The van der Waals surface area contributed by atoms with E-state index in [4.69, 9.17) is 9.47 Å². The molecule has 3 atom stereocenters. The SMILES string of the molecule is COc1cc(C)c(S(=O)N(C)CCOCC(=O)N(C)CC2CCC[C@@H](CN3CCCC3)C2)c(C)c1. The minimum absolute atomic E-state index is 0.0253. The summed E-state index contributed by atoms with van der Waals surface area (Å²) in [6, 6.07) is 3.81. The summed E-state index contributed by atoms with van der Waals surface area (Å²) in [6.45, 7) is 9.39. The van der Waals surface area contributed by atoms with E-state index in [1.165, 1.54) is 58.2 Å². The van der Waals surface area contributed by atoms with E-state index in [0.717, 1.165) is 34.2 Å². The maximum Gasteiger partial charge on any atom is 0.248 e. The number of carbonyl (C=O) groups is 1. The number of hydrogen-bond acceptors (Lipinski definition) is 5. The third-order valence-electron chi connectivity index (χ3n) is 7.47. The van der Waals surface area contributed by atoms with Crippen LogP contribution in [-0.2, 0) is 20.5 Å². The lowest BCUT2D eigenvalue weighted by Crippen LogP contribution is -2.38. The Labute approximate surface area is 214 Å². The van der Waals surface area contributed by atoms with E-state index >= 15 is 0 Å². The van der Waals surface area contributed by atoms with E-state index in [1.54, 1.807) is 11.4 Å². The van der Waals surface area contributed by atoms with Crippen LogP contribution in [0.2, 0.25) is 0 Å². The fourth-order valence-corrected chi connectivity index (χ4v) is 6.78. The molecule has 0 spiro atoms. The van der Waals surface area contributed by atoms with Crippen LogP contribution in [0.5, 0.6) is 5.75 Å². The Hall–Kier alpha value is -1.48. The van der Waals surface area contributed by atoms with Crippen molar-refractivity contribution in [2.75, 3.05) is 67.1 Å². The van der Waals surface area contributed by atoms with Gasteiger partial charge in [-0.25, -0.2) is 8.51 Å². The van der Waals surface area contributed by atoms with Crippen molar-refractivity contribution in [1.82, 2.24) is 14.1 Å². The van der Waals surface area contributed by atoms with Gasteiger partial charge in [0, 0.05) is 33.7 Å². The number of carbonyl (C=O) groups excluding carboxylic acids is 1. The van der Waals surface area contributed by atoms with E-state index < -0.39 is 11.0 Å². The van der Waals surface area contributed by atoms with Gasteiger partial charge >= 0.3 is 0 Å². The standard InChI is InChI=1S/C27H45N3O4S/c1-21-15-25(33-5)16-22(2)27(21)35(32)29(4)13-14-34-20-26(31)28(3)18-23-9-8-10-24(17-23)19-30-11-6-7-12-30/h15-16,23-24H,6-14,17-20H2,1-5H3/t23?,24-,35?/m1/s1. The van der Waals surface area contributed by atoms with Crippen LogP contribution in [0, 0.1) is 25.7 Å². The highest BCUT2D eigenvalue weighted by Gasteiger charge is 2.26. The Morgan fingerprint density at radius 2 is 1.74 bits per heavy atom. The highest BCUT2D eigenvalue weighted by molar-refractivity contribution is 7.82. The van der Waals surface area contributed by atoms with Gasteiger partial charge in [-0.1, -0.05) is 6.42 Å². The summed E-state index contributed by atoms with van der Waals surface area (Å²) < 4.78 is 25.8. The van der Waals surface area contributed by atoms with E-state index in [0.29, 0.717) is 19.1 Å². The smallest absolute Gasteiger partial charge is 0.248 e. The molecule has 1 amide bonds. The van der Waals surface area contributed by atoms with Crippen LogP contribution in [0.1, 0.15) is 49.7 Å². The van der Waals surface area contributed by atoms with E-state index in [1.807, 2.05) is 45.0 Å². The molecule has 35 heavy (non-hydrogen) atoms. The number of likely N-dealkylation sites (tertiary alicyclic amines) is 1. The lowest BCUT2D eigenvalue weighted by molar-refractivity contribution is -0.135. The molecule has 1 saturated heterocycles. The fraction of sp³-hybridized carbons (Fsp3) is 0.741. The van der Waals surface area contributed by atoms with Crippen molar-refractivity contribution in [1.29, 1.82) is 0 Å². The molecule has 2 unspecified atom stereocenters. The van der Waals surface area contributed by atoms with Crippen molar-refractivity contribution in [3.8, 4) is 5.75 Å².